The minimum atomic E-state index is -4.75. The summed E-state index contributed by atoms with van der Waals surface area (Å²) in [6.45, 7) is 0. The Labute approximate surface area is 159 Å². The molecule has 0 amide bonds. The number of nitrogens with one attached hydrogen (secondary N) is 1. The number of sulfone groups is 1. The van der Waals surface area contributed by atoms with Crippen LogP contribution in [0.15, 0.2) is 65.8 Å². The number of anilines is 2. The van der Waals surface area contributed by atoms with Crippen LogP contribution in [0, 0.1) is 0 Å². The van der Waals surface area contributed by atoms with Gasteiger partial charge in [-0.1, -0.05) is 12.1 Å². The quantitative estimate of drug-likeness (QED) is 0.681. The zero-order valence-electron chi connectivity index (χ0n) is 14.4. The van der Waals surface area contributed by atoms with Crippen LogP contribution in [0.4, 0.5) is 24.7 Å². The van der Waals surface area contributed by atoms with Crippen LogP contribution in [0.5, 0.6) is 5.75 Å². The standard InChI is InChI=1S/C18H14F3N3O3S/c1-28(25,26)15-8-2-12(3-9-15)16-10-17(23-11-22-16)24-13-4-6-14(7-5-13)27-18(19,20)21/h2-11H,1H3,(H,22,23,24). The van der Waals surface area contributed by atoms with Gasteiger partial charge in [-0.25, -0.2) is 18.4 Å². The first-order valence-electron chi connectivity index (χ1n) is 7.85. The SMILES string of the molecule is CS(=O)(=O)c1ccc(-c2cc(Nc3ccc(OC(F)(F)F)cc3)ncn2)cc1. The molecule has 0 saturated heterocycles. The third-order valence-corrected chi connectivity index (χ3v) is 4.73. The molecule has 10 heteroatoms. The second kappa shape index (κ2) is 7.47. The minimum Gasteiger partial charge on any atom is -0.406 e. The third-order valence-electron chi connectivity index (χ3n) is 3.61. The minimum absolute atomic E-state index is 0.199. The summed E-state index contributed by atoms with van der Waals surface area (Å²) in [5.74, 6) is 0.0917. The fraction of sp³-hybridized carbons (Fsp3) is 0.111. The topological polar surface area (TPSA) is 81.2 Å². The Morgan fingerprint density at radius 3 is 2.18 bits per heavy atom. The average molecular weight is 409 g/mol. The van der Waals surface area contributed by atoms with Crippen LogP contribution in [0.3, 0.4) is 0 Å². The van der Waals surface area contributed by atoms with Crippen molar-refractivity contribution < 1.29 is 26.3 Å². The Morgan fingerprint density at radius 1 is 0.964 bits per heavy atom. The van der Waals surface area contributed by atoms with Gasteiger partial charge in [0.1, 0.15) is 17.9 Å². The first kappa shape index (κ1) is 19.6. The number of alkyl halides is 3. The first-order chi connectivity index (χ1) is 13.1. The van der Waals surface area contributed by atoms with Crippen LogP contribution in [0.25, 0.3) is 11.3 Å². The summed E-state index contributed by atoms with van der Waals surface area (Å²) in [7, 11) is -3.29. The van der Waals surface area contributed by atoms with Gasteiger partial charge in [-0.3, -0.25) is 0 Å². The van der Waals surface area contributed by atoms with E-state index in [0.717, 1.165) is 6.26 Å². The van der Waals surface area contributed by atoms with Crippen molar-refractivity contribution >= 4 is 21.3 Å². The summed E-state index contributed by atoms with van der Waals surface area (Å²) in [6, 6.07) is 13.1. The van der Waals surface area contributed by atoms with Crippen molar-refractivity contribution in [1.29, 1.82) is 0 Å². The van der Waals surface area contributed by atoms with Gasteiger partial charge in [0.15, 0.2) is 9.84 Å². The molecule has 0 fully saturated rings. The second-order valence-electron chi connectivity index (χ2n) is 5.78. The van der Waals surface area contributed by atoms with Gasteiger partial charge in [0.25, 0.3) is 0 Å². The summed E-state index contributed by atoms with van der Waals surface area (Å²) in [5, 5.41) is 2.96. The average Bonchev–Trinajstić information content (AvgIpc) is 2.62. The highest BCUT2D eigenvalue weighted by Gasteiger charge is 2.30. The third kappa shape index (κ3) is 5.19. The van der Waals surface area contributed by atoms with Crippen LogP contribution < -0.4 is 10.1 Å². The molecule has 28 heavy (non-hydrogen) atoms. The summed E-state index contributed by atoms with van der Waals surface area (Å²) in [4.78, 5) is 8.42. The molecule has 1 aromatic heterocycles. The highest BCUT2D eigenvalue weighted by atomic mass is 32.2. The van der Waals surface area contributed by atoms with E-state index in [0.29, 0.717) is 22.8 Å². The molecule has 0 saturated carbocycles. The van der Waals surface area contributed by atoms with E-state index in [-0.39, 0.29) is 10.6 Å². The van der Waals surface area contributed by atoms with Gasteiger partial charge >= 0.3 is 6.36 Å². The fourth-order valence-corrected chi connectivity index (χ4v) is 2.97. The van der Waals surface area contributed by atoms with Crippen molar-refractivity contribution in [2.24, 2.45) is 0 Å². The van der Waals surface area contributed by atoms with E-state index in [1.807, 2.05) is 0 Å². The number of halogens is 3. The Kier molecular flexibility index (Phi) is 5.23. The van der Waals surface area contributed by atoms with E-state index in [2.05, 4.69) is 20.0 Å². The molecule has 3 rings (SSSR count). The van der Waals surface area contributed by atoms with Crippen LogP contribution >= 0.6 is 0 Å². The zero-order valence-corrected chi connectivity index (χ0v) is 15.3. The van der Waals surface area contributed by atoms with Crippen LogP contribution in [-0.4, -0.2) is 31.0 Å². The summed E-state index contributed by atoms with van der Waals surface area (Å²) < 4.78 is 63.5. The lowest BCUT2D eigenvalue weighted by Gasteiger charge is -2.10. The molecule has 0 radical (unpaired) electrons. The van der Waals surface area contributed by atoms with Crippen LogP contribution in [0.1, 0.15) is 0 Å². The van der Waals surface area contributed by atoms with E-state index in [1.165, 1.54) is 42.7 Å². The first-order valence-corrected chi connectivity index (χ1v) is 9.75. The Hall–Kier alpha value is -3.14. The highest BCUT2D eigenvalue weighted by Crippen LogP contribution is 2.26. The Morgan fingerprint density at radius 2 is 1.61 bits per heavy atom. The number of rotatable bonds is 5. The maximum Gasteiger partial charge on any atom is 0.573 e. The Bertz CT molecular complexity index is 1070. The van der Waals surface area contributed by atoms with Gasteiger partial charge in [-0.15, -0.1) is 13.2 Å². The van der Waals surface area contributed by atoms with E-state index < -0.39 is 16.2 Å². The molecule has 0 atom stereocenters. The maximum atomic E-state index is 12.2. The summed E-state index contributed by atoms with van der Waals surface area (Å²) in [6.07, 6.45) is -2.30. The predicted molar refractivity (Wildman–Crippen MR) is 97.0 cm³/mol. The van der Waals surface area contributed by atoms with Crippen molar-refractivity contribution in [3.63, 3.8) is 0 Å². The number of hydrogen-bond donors (Lipinski definition) is 1. The molecule has 0 aliphatic carbocycles. The van der Waals surface area contributed by atoms with Crippen molar-refractivity contribution in [1.82, 2.24) is 9.97 Å². The fourth-order valence-electron chi connectivity index (χ4n) is 2.34. The van der Waals surface area contributed by atoms with Gasteiger partial charge in [-0.2, -0.15) is 0 Å². The maximum absolute atomic E-state index is 12.2. The van der Waals surface area contributed by atoms with Crippen molar-refractivity contribution in [2.45, 2.75) is 11.3 Å². The molecule has 0 aliphatic rings. The smallest absolute Gasteiger partial charge is 0.406 e. The number of nitrogens with zero attached hydrogens (tertiary/aromatic N) is 2. The molecule has 0 bridgehead atoms. The monoisotopic (exact) mass is 409 g/mol. The molecular formula is C18H14F3N3O3S. The molecule has 1 heterocycles. The molecule has 0 unspecified atom stereocenters. The van der Waals surface area contributed by atoms with Gasteiger partial charge in [0.2, 0.25) is 0 Å². The second-order valence-corrected chi connectivity index (χ2v) is 7.80. The van der Waals surface area contributed by atoms with E-state index in [9.17, 15) is 21.6 Å². The predicted octanol–water partition coefficient (Wildman–Crippen LogP) is 4.19. The molecule has 0 aliphatic heterocycles. The van der Waals surface area contributed by atoms with Crippen molar-refractivity contribution in [2.75, 3.05) is 11.6 Å². The van der Waals surface area contributed by atoms with E-state index in [1.54, 1.807) is 18.2 Å². The number of aromatic nitrogens is 2. The number of ether oxygens (including phenoxy) is 1. The lowest BCUT2D eigenvalue weighted by Crippen LogP contribution is -2.16. The summed E-state index contributed by atoms with van der Waals surface area (Å²) in [5.41, 5.74) is 1.74. The highest BCUT2D eigenvalue weighted by molar-refractivity contribution is 7.90. The van der Waals surface area contributed by atoms with E-state index in [4.69, 9.17) is 0 Å². The van der Waals surface area contributed by atoms with Crippen LogP contribution in [-0.2, 0) is 9.84 Å². The number of benzene rings is 2. The number of hydrogen-bond acceptors (Lipinski definition) is 6. The van der Waals surface area contributed by atoms with Gasteiger partial charge in [0.05, 0.1) is 10.6 Å². The lowest BCUT2D eigenvalue weighted by atomic mass is 10.1. The normalized spacial score (nSPS) is 11.9. The van der Waals surface area contributed by atoms with Crippen molar-refractivity contribution in [3.05, 3.63) is 60.9 Å². The van der Waals surface area contributed by atoms with E-state index >= 15 is 0 Å². The molecular weight excluding hydrogens is 395 g/mol. The molecule has 3 aromatic rings. The molecule has 0 spiro atoms. The van der Waals surface area contributed by atoms with Gasteiger partial charge in [-0.05, 0) is 36.4 Å². The summed E-state index contributed by atoms with van der Waals surface area (Å²) >= 11 is 0. The zero-order chi connectivity index (χ0) is 20.4. The van der Waals surface area contributed by atoms with Gasteiger partial charge < -0.3 is 10.1 Å². The molecule has 146 valence electrons. The Balaban J connectivity index is 1.76. The van der Waals surface area contributed by atoms with Crippen LogP contribution in [0.2, 0.25) is 0 Å². The molecule has 1 N–H and O–H groups in total. The molecule has 2 aromatic carbocycles. The van der Waals surface area contributed by atoms with Gasteiger partial charge in [0, 0.05) is 23.6 Å². The van der Waals surface area contributed by atoms with Crippen molar-refractivity contribution in [3.8, 4) is 17.0 Å². The largest absolute Gasteiger partial charge is 0.573 e. The molecule has 6 nitrogen and oxygen atoms in total. The lowest BCUT2D eigenvalue weighted by molar-refractivity contribution is -0.274.